The number of nitrogens with one attached hydrogen (secondary N) is 1. The molecule has 0 unspecified atom stereocenters. The number of ketones is 1. The molecule has 4 nitrogen and oxygen atoms in total. The van der Waals surface area contributed by atoms with Gasteiger partial charge in [0.15, 0.2) is 6.61 Å². The maximum Gasteiger partial charge on any atom is 0.340 e. The lowest BCUT2D eigenvalue weighted by Crippen LogP contribution is -2.16. The molecule has 0 saturated carbocycles. The minimum Gasteiger partial charge on any atom is -0.454 e. The fourth-order valence-corrected chi connectivity index (χ4v) is 2.43. The molecule has 0 aliphatic rings. The van der Waals surface area contributed by atoms with Crippen LogP contribution in [0.5, 0.6) is 0 Å². The van der Waals surface area contributed by atoms with Gasteiger partial charge in [0.05, 0.1) is 5.56 Å². The topological polar surface area (TPSA) is 55.4 Å². The van der Waals surface area contributed by atoms with E-state index in [9.17, 15) is 9.59 Å². The third-order valence-electron chi connectivity index (χ3n) is 3.89. The molecule has 0 aliphatic carbocycles. The minimum atomic E-state index is -0.509. The van der Waals surface area contributed by atoms with Gasteiger partial charge in [0.1, 0.15) is 0 Å². The summed E-state index contributed by atoms with van der Waals surface area (Å²) in [4.78, 5) is 24.5. The van der Waals surface area contributed by atoms with Crippen LogP contribution in [0.15, 0.2) is 36.4 Å². The number of carbonyl (C=O) groups excluding carboxylic acids is 2. The highest BCUT2D eigenvalue weighted by Crippen LogP contribution is 2.18. The van der Waals surface area contributed by atoms with Gasteiger partial charge in [0, 0.05) is 18.3 Å². The second-order valence-corrected chi connectivity index (χ2v) is 5.55. The lowest BCUT2D eigenvalue weighted by Gasteiger charge is -2.11. The van der Waals surface area contributed by atoms with Crippen LogP contribution >= 0.6 is 0 Å². The van der Waals surface area contributed by atoms with Crippen LogP contribution in [0.3, 0.4) is 0 Å². The molecule has 0 fully saturated rings. The fourth-order valence-electron chi connectivity index (χ4n) is 2.43. The number of anilines is 1. The minimum absolute atomic E-state index is 0.194. The summed E-state index contributed by atoms with van der Waals surface area (Å²) in [5, 5.41) is 2.93. The van der Waals surface area contributed by atoms with Crippen LogP contribution in [0.1, 0.15) is 37.4 Å². The molecular formula is C19H21NO3. The van der Waals surface area contributed by atoms with Crippen molar-refractivity contribution in [2.24, 2.45) is 0 Å². The van der Waals surface area contributed by atoms with E-state index in [1.54, 1.807) is 25.2 Å². The molecule has 23 heavy (non-hydrogen) atoms. The van der Waals surface area contributed by atoms with Crippen molar-refractivity contribution in [3.8, 4) is 0 Å². The van der Waals surface area contributed by atoms with Crippen molar-refractivity contribution in [3.63, 3.8) is 0 Å². The van der Waals surface area contributed by atoms with Crippen LogP contribution in [0.25, 0.3) is 0 Å². The van der Waals surface area contributed by atoms with Crippen molar-refractivity contribution >= 4 is 17.4 Å². The highest BCUT2D eigenvalue weighted by Gasteiger charge is 2.16. The van der Waals surface area contributed by atoms with E-state index in [0.717, 1.165) is 16.7 Å². The summed E-state index contributed by atoms with van der Waals surface area (Å²) < 4.78 is 5.18. The second kappa shape index (κ2) is 7.09. The first-order chi connectivity index (χ1) is 10.9. The Labute approximate surface area is 136 Å². The summed E-state index contributed by atoms with van der Waals surface area (Å²) in [6.45, 7) is 5.59. The molecule has 0 atom stereocenters. The molecule has 1 N–H and O–H groups in total. The zero-order valence-electron chi connectivity index (χ0n) is 13.9. The van der Waals surface area contributed by atoms with Crippen molar-refractivity contribution in [3.05, 3.63) is 64.2 Å². The van der Waals surface area contributed by atoms with Crippen LogP contribution in [0.4, 0.5) is 5.69 Å². The fraction of sp³-hybridized carbons (Fsp3) is 0.263. The van der Waals surface area contributed by atoms with E-state index < -0.39 is 5.97 Å². The average Bonchev–Trinajstić information content (AvgIpc) is 2.55. The predicted molar refractivity (Wildman–Crippen MR) is 91.3 cm³/mol. The lowest BCUT2D eigenvalue weighted by atomic mass is 9.98. The third-order valence-corrected chi connectivity index (χ3v) is 3.89. The van der Waals surface area contributed by atoms with E-state index in [4.69, 9.17) is 4.74 Å². The molecular weight excluding hydrogens is 290 g/mol. The van der Waals surface area contributed by atoms with Crippen LogP contribution in [0, 0.1) is 20.8 Å². The summed E-state index contributed by atoms with van der Waals surface area (Å²) >= 11 is 0. The molecule has 2 aromatic rings. The Kier molecular flexibility index (Phi) is 5.16. The van der Waals surface area contributed by atoms with Crippen LogP contribution in [-0.2, 0) is 4.74 Å². The maximum absolute atomic E-state index is 12.3. The summed E-state index contributed by atoms with van der Waals surface area (Å²) in [5.74, 6) is -0.703. The molecule has 0 saturated heterocycles. The Morgan fingerprint density at radius 2 is 1.61 bits per heavy atom. The summed E-state index contributed by atoms with van der Waals surface area (Å²) in [6.07, 6.45) is 0. The first kappa shape index (κ1) is 16.7. The van der Waals surface area contributed by atoms with Crippen LogP contribution < -0.4 is 5.32 Å². The van der Waals surface area contributed by atoms with Gasteiger partial charge in [0.25, 0.3) is 0 Å². The normalized spacial score (nSPS) is 10.3. The average molecular weight is 311 g/mol. The SMILES string of the molecule is CNc1ccccc1C(=O)OCC(=O)c1cc(C)c(C)cc1C. The standard InChI is InChI=1S/C19H21NO3/c1-12-9-14(3)16(10-13(12)2)18(21)11-23-19(22)15-7-5-6-8-17(15)20-4/h5-10,20H,11H2,1-4H3. The number of hydrogen-bond acceptors (Lipinski definition) is 4. The van der Waals surface area contributed by atoms with E-state index in [1.807, 2.05) is 39.0 Å². The van der Waals surface area contributed by atoms with Crippen molar-refractivity contribution in [1.29, 1.82) is 0 Å². The number of hydrogen-bond donors (Lipinski definition) is 1. The number of para-hydroxylation sites is 1. The van der Waals surface area contributed by atoms with Gasteiger partial charge >= 0.3 is 5.97 Å². The zero-order valence-corrected chi connectivity index (χ0v) is 13.9. The Balaban J connectivity index is 2.10. The monoisotopic (exact) mass is 311 g/mol. The molecule has 0 spiro atoms. The van der Waals surface area contributed by atoms with Crippen molar-refractivity contribution in [2.75, 3.05) is 19.0 Å². The number of rotatable bonds is 5. The lowest BCUT2D eigenvalue weighted by molar-refractivity contribution is 0.0475. The Bertz CT molecular complexity index is 750. The Morgan fingerprint density at radius 1 is 0.957 bits per heavy atom. The van der Waals surface area contributed by atoms with E-state index in [1.165, 1.54) is 0 Å². The smallest absolute Gasteiger partial charge is 0.340 e. The maximum atomic E-state index is 12.3. The van der Waals surface area contributed by atoms with Gasteiger partial charge in [-0.2, -0.15) is 0 Å². The van der Waals surface area contributed by atoms with Crippen molar-refractivity contribution < 1.29 is 14.3 Å². The number of esters is 1. The van der Waals surface area contributed by atoms with E-state index in [0.29, 0.717) is 16.8 Å². The number of carbonyl (C=O) groups is 2. The number of Topliss-reactive ketones (excluding diaryl/α,β-unsaturated/α-hetero) is 1. The number of benzene rings is 2. The van der Waals surface area contributed by atoms with Crippen molar-refractivity contribution in [2.45, 2.75) is 20.8 Å². The van der Waals surface area contributed by atoms with Gasteiger partial charge in [-0.05, 0) is 55.7 Å². The first-order valence-electron chi connectivity index (χ1n) is 7.49. The van der Waals surface area contributed by atoms with Crippen LogP contribution in [0.2, 0.25) is 0 Å². The number of aryl methyl sites for hydroxylation is 3. The highest BCUT2D eigenvalue weighted by molar-refractivity contribution is 6.01. The third kappa shape index (κ3) is 3.77. The molecule has 0 bridgehead atoms. The Hall–Kier alpha value is -2.62. The van der Waals surface area contributed by atoms with Crippen LogP contribution in [-0.4, -0.2) is 25.4 Å². The highest BCUT2D eigenvalue weighted by atomic mass is 16.5. The number of ether oxygens (including phenoxy) is 1. The molecule has 2 aromatic carbocycles. The van der Waals surface area contributed by atoms with Gasteiger partial charge in [-0.3, -0.25) is 4.79 Å². The summed E-state index contributed by atoms with van der Waals surface area (Å²) in [6, 6.07) is 10.9. The first-order valence-corrected chi connectivity index (χ1v) is 7.49. The molecule has 0 aliphatic heterocycles. The molecule has 0 heterocycles. The zero-order chi connectivity index (χ0) is 17.0. The molecule has 120 valence electrons. The second-order valence-electron chi connectivity index (χ2n) is 5.55. The van der Waals surface area contributed by atoms with Gasteiger partial charge in [0.2, 0.25) is 5.78 Å². The Morgan fingerprint density at radius 3 is 2.30 bits per heavy atom. The van der Waals surface area contributed by atoms with E-state index in [-0.39, 0.29) is 12.4 Å². The largest absolute Gasteiger partial charge is 0.454 e. The quantitative estimate of drug-likeness (QED) is 0.676. The molecule has 0 amide bonds. The molecule has 0 aromatic heterocycles. The van der Waals surface area contributed by atoms with Gasteiger partial charge in [-0.15, -0.1) is 0 Å². The summed E-state index contributed by atoms with van der Waals surface area (Å²) in [7, 11) is 1.73. The van der Waals surface area contributed by atoms with Gasteiger partial charge < -0.3 is 10.1 Å². The summed E-state index contributed by atoms with van der Waals surface area (Å²) in [5.41, 5.74) is 4.77. The van der Waals surface area contributed by atoms with Gasteiger partial charge in [-0.25, -0.2) is 4.79 Å². The molecule has 2 rings (SSSR count). The van der Waals surface area contributed by atoms with E-state index >= 15 is 0 Å². The van der Waals surface area contributed by atoms with E-state index in [2.05, 4.69) is 5.32 Å². The van der Waals surface area contributed by atoms with Crippen molar-refractivity contribution in [1.82, 2.24) is 0 Å². The predicted octanol–water partition coefficient (Wildman–Crippen LogP) is 3.69. The molecule has 4 heteroatoms. The van der Waals surface area contributed by atoms with Gasteiger partial charge in [-0.1, -0.05) is 18.2 Å². The molecule has 0 radical (unpaired) electrons.